The molecule has 2 aliphatic heterocycles. The maximum atomic E-state index is 11.8. The van der Waals surface area contributed by atoms with Crippen LogP contribution in [0.5, 0.6) is 0 Å². The Bertz CT molecular complexity index is 1210. The lowest BCUT2D eigenvalue weighted by atomic mass is 9.96. The van der Waals surface area contributed by atoms with E-state index in [1.165, 1.54) is 0 Å². The van der Waals surface area contributed by atoms with Crippen molar-refractivity contribution in [1.82, 2.24) is 29.5 Å². The van der Waals surface area contributed by atoms with Gasteiger partial charge in [-0.1, -0.05) is 20.8 Å². The van der Waals surface area contributed by atoms with Crippen LogP contribution in [0.4, 0.5) is 16.6 Å². The summed E-state index contributed by atoms with van der Waals surface area (Å²) in [5.41, 5.74) is 1.86. The number of hydrogen-bond acceptors (Lipinski definition) is 9. The number of carbonyl (C=O) groups is 1. The number of carboxylic acid groups (broad SMARTS) is 1. The Morgan fingerprint density at radius 2 is 1.86 bits per heavy atom. The van der Waals surface area contributed by atoms with E-state index in [0.717, 1.165) is 48.1 Å². The molecule has 0 saturated carbocycles. The predicted molar refractivity (Wildman–Crippen MR) is 133 cm³/mol. The second-order valence-electron chi connectivity index (χ2n) is 10.5. The second-order valence-corrected chi connectivity index (χ2v) is 10.5. The molecule has 0 bridgehead atoms. The third-order valence-corrected chi connectivity index (χ3v) is 6.24. The summed E-state index contributed by atoms with van der Waals surface area (Å²) in [4.78, 5) is 38.3. The highest BCUT2D eigenvalue weighted by Crippen LogP contribution is 2.29. The van der Waals surface area contributed by atoms with Crippen molar-refractivity contribution in [3.05, 3.63) is 18.7 Å². The van der Waals surface area contributed by atoms with Crippen LogP contribution in [-0.4, -0.2) is 86.7 Å². The molecular formula is C24H32N8O4. The normalized spacial score (nSPS) is 18.6. The quantitative estimate of drug-likeness (QED) is 0.543. The van der Waals surface area contributed by atoms with Gasteiger partial charge < -0.3 is 24.0 Å². The number of fused-ring (bicyclic) bond motifs is 1. The fourth-order valence-electron chi connectivity index (χ4n) is 4.47. The van der Waals surface area contributed by atoms with Crippen molar-refractivity contribution >= 4 is 29.0 Å². The van der Waals surface area contributed by atoms with Gasteiger partial charge in [0.2, 0.25) is 5.95 Å². The van der Waals surface area contributed by atoms with Crippen molar-refractivity contribution in [3.63, 3.8) is 0 Å². The number of aromatic nitrogens is 6. The van der Waals surface area contributed by atoms with Crippen LogP contribution in [-0.2, 0) is 16.0 Å². The first-order valence-corrected chi connectivity index (χ1v) is 12.2. The van der Waals surface area contributed by atoms with Crippen LogP contribution in [0.15, 0.2) is 18.7 Å². The average Bonchev–Trinajstić information content (AvgIpc) is 3.52. The molecule has 192 valence electrons. The molecule has 1 unspecified atom stereocenters. The van der Waals surface area contributed by atoms with Crippen molar-refractivity contribution in [2.45, 2.75) is 33.7 Å². The molecule has 3 aromatic heterocycles. The molecule has 3 aromatic rings. The van der Waals surface area contributed by atoms with Gasteiger partial charge in [0.1, 0.15) is 0 Å². The zero-order valence-corrected chi connectivity index (χ0v) is 20.9. The van der Waals surface area contributed by atoms with Crippen LogP contribution < -0.4 is 9.80 Å². The van der Waals surface area contributed by atoms with Gasteiger partial charge in [-0.3, -0.25) is 0 Å². The summed E-state index contributed by atoms with van der Waals surface area (Å²) in [5.74, 6) is 1.77. The molecule has 12 nitrogen and oxygen atoms in total. The van der Waals surface area contributed by atoms with Gasteiger partial charge in [-0.05, 0) is 11.8 Å². The Morgan fingerprint density at radius 3 is 2.50 bits per heavy atom. The molecule has 0 radical (unpaired) electrons. The maximum absolute atomic E-state index is 11.8. The highest BCUT2D eigenvalue weighted by molar-refractivity contribution is 5.86. The van der Waals surface area contributed by atoms with Gasteiger partial charge >= 0.3 is 6.09 Å². The molecule has 5 heterocycles. The fraction of sp³-hybridized carbons (Fsp3) is 0.583. The number of amides is 1. The van der Waals surface area contributed by atoms with Crippen molar-refractivity contribution in [3.8, 4) is 11.4 Å². The van der Waals surface area contributed by atoms with Crippen LogP contribution in [0.3, 0.4) is 0 Å². The molecule has 0 aromatic carbocycles. The summed E-state index contributed by atoms with van der Waals surface area (Å²) in [5, 5.41) is 9.69. The van der Waals surface area contributed by atoms with Crippen molar-refractivity contribution in [2.24, 2.45) is 11.3 Å². The van der Waals surface area contributed by atoms with E-state index in [4.69, 9.17) is 19.4 Å². The molecule has 0 spiro atoms. The van der Waals surface area contributed by atoms with E-state index in [-0.39, 0.29) is 17.9 Å². The number of ether oxygens (including phenoxy) is 2. The van der Waals surface area contributed by atoms with Gasteiger partial charge in [0.15, 0.2) is 22.8 Å². The van der Waals surface area contributed by atoms with Crippen LogP contribution >= 0.6 is 0 Å². The molecule has 1 amide bonds. The van der Waals surface area contributed by atoms with Gasteiger partial charge in [0.25, 0.3) is 0 Å². The minimum absolute atomic E-state index is 0.127. The molecule has 1 atom stereocenters. The first-order valence-electron chi connectivity index (χ1n) is 12.2. The van der Waals surface area contributed by atoms with E-state index >= 15 is 0 Å². The van der Waals surface area contributed by atoms with Gasteiger partial charge in [0.05, 0.1) is 31.7 Å². The van der Waals surface area contributed by atoms with E-state index in [9.17, 15) is 9.90 Å². The van der Waals surface area contributed by atoms with Crippen molar-refractivity contribution in [2.75, 3.05) is 55.9 Å². The molecule has 2 fully saturated rings. The topological polar surface area (TPSA) is 132 Å². The molecule has 1 N–H and O–H groups in total. The lowest BCUT2D eigenvalue weighted by Gasteiger charge is -2.28. The molecule has 2 aliphatic rings. The Kier molecular flexibility index (Phi) is 6.71. The number of morpholine rings is 1. The summed E-state index contributed by atoms with van der Waals surface area (Å²) in [6.45, 7) is 11.1. The number of imidazole rings is 1. The van der Waals surface area contributed by atoms with Crippen LogP contribution in [0.1, 0.15) is 27.2 Å². The lowest BCUT2D eigenvalue weighted by Crippen LogP contribution is -2.38. The van der Waals surface area contributed by atoms with E-state index in [1.54, 1.807) is 12.4 Å². The first kappa shape index (κ1) is 24.3. The van der Waals surface area contributed by atoms with Crippen LogP contribution in [0.25, 0.3) is 22.6 Å². The minimum Gasteiger partial charge on any atom is -0.465 e. The first-order chi connectivity index (χ1) is 17.3. The zero-order chi connectivity index (χ0) is 25.3. The van der Waals surface area contributed by atoms with Gasteiger partial charge in [-0.2, -0.15) is 0 Å². The Labute approximate surface area is 209 Å². The minimum atomic E-state index is -1.09. The van der Waals surface area contributed by atoms with Crippen LogP contribution in [0.2, 0.25) is 0 Å². The highest BCUT2D eigenvalue weighted by atomic mass is 16.5. The molecule has 5 rings (SSSR count). The van der Waals surface area contributed by atoms with E-state index in [0.29, 0.717) is 43.6 Å². The van der Waals surface area contributed by atoms with E-state index in [2.05, 4.69) is 24.4 Å². The fourth-order valence-corrected chi connectivity index (χ4v) is 4.47. The lowest BCUT2D eigenvalue weighted by molar-refractivity contribution is 0.122. The number of rotatable bonds is 6. The average molecular weight is 497 g/mol. The predicted octanol–water partition coefficient (Wildman–Crippen LogP) is 2.69. The van der Waals surface area contributed by atoms with Crippen LogP contribution in [0, 0.1) is 11.3 Å². The van der Waals surface area contributed by atoms with Crippen molar-refractivity contribution in [1.29, 1.82) is 0 Å². The Hall–Kier alpha value is -3.38. The maximum Gasteiger partial charge on any atom is 0.414 e. The summed E-state index contributed by atoms with van der Waals surface area (Å²) >= 11 is 0. The highest BCUT2D eigenvalue weighted by Gasteiger charge is 2.26. The summed E-state index contributed by atoms with van der Waals surface area (Å²) < 4.78 is 13.2. The Morgan fingerprint density at radius 1 is 1.11 bits per heavy atom. The molecule has 2 saturated heterocycles. The third-order valence-electron chi connectivity index (χ3n) is 6.24. The SMILES string of the molecule is CC(C)(C)CN(C(=O)O)c1ncc(-c2nc(N3CCOCC3)c3ncn(CC4CCOC4)c3n2)cn1. The molecule has 12 heteroatoms. The largest absolute Gasteiger partial charge is 0.465 e. The molecular weight excluding hydrogens is 464 g/mol. The summed E-state index contributed by atoms with van der Waals surface area (Å²) in [6, 6.07) is 0. The number of anilines is 2. The van der Waals surface area contributed by atoms with Crippen molar-refractivity contribution < 1.29 is 19.4 Å². The van der Waals surface area contributed by atoms with Gasteiger partial charge in [-0.25, -0.2) is 34.6 Å². The monoisotopic (exact) mass is 496 g/mol. The Balaban J connectivity index is 1.52. The zero-order valence-electron chi connectivity index (χ0n) is 20.9. The second kappa shape index (κ2) is 9.94. The standard InChI is InChI=1S/C24H32N8O4/c1-24(2,3)14-32(23(33)34)22-25-10-17(11-26-22)19-28-20(30-5-8-35-9-6-30)18-21(29-19)31(15-27-18)12-16-4-7-36-13-16/h10-11,15-16H,4-9,12-14H2,1-3H3,(H,33,34). The smallest absolute Gasteiger partial charge is 0.414 e. The van der Waals surface area contributed by atoms with Gasteiger partial charge in [0, 0.05) is 51.1 Å². The number of nitrogens with zero attached hydrogens (tertiary/aromatic N) is 8. The number of hydrogen-bond donors (Lipinski definition) is 1. The summed E-state index contributed by atoms with van der Waals surface area (Å²) in [7, 11) is 0. The molecule has 36 heavy (non-hydrogen) atoms. The van der Waals surface area contributed by atoms with E-state index < -0.39 is 6.09 Å². The third kappa shape index (κ3) is 5.24. The summed E-state index contributed by atoms with van der Waals surface area (Å²) in [6.07, 6.45) is 4.90. The molecule has 0 aliphatic carbocycles. The van der Waals surface area contributed by atoms with Gasteiger partial charge in [-0.15, -0.1) is 0 Å². The van der Waals surface area contributed by atoms with E-state index in [1.807, 2.05) is 27.1 Å².